The fourth-order valence-corrected chi connectivity index (χ4v) is 0.383. The molecule has 0 rings (SSSR count). The van der Waals surface area contributed by atoms with Crippen molar-refractivity contribution in [3.63, 3.8) is 0 Å². The molecular formula is C9H15Cl. The van der Waals surface area contributed by atoms with Crippen LogP contribution in [0.15, 0.2) is 0 Å². The molecule has 0 heterocycles. The van der Waals surface area contributed by atoms with Crippen LogP contribution in [-0.2, 0) is 0 Å². The minimum absolute atomic E-state index is 0.0617. The maximum atomic E-state index is 5.87. The lowest BCUT2D eigenvalue weighted by atomic mass is 9.97. The summed E-state index contributed by atoms with van der Waals surface area (Å²) < 4.78 is 0. The summed E-state index contributed by atoms with van der Waals surface area (Å²) in [7, 11) is 0. The highest BCUT2D eigenvalue weighted by Crippen LogP contribution is 2.14. The van der Waals surface area contributed by atoms with E-state index in [1.54, 1.807) is 0 Å². The van der Waals surface area contributed by atoms with Crippen molar-refractivity contribution in [3.05, 3.63) is 0 Å². The van der Waals surface area contributed by atoms with Gasteiger partial charge in [0.15, 0.2) is 0 Å². The molecule has 0 radical (unpaired) electrons. The molecule has 0 aromatic carbocycles. The van der Waals surface area contributed by atoms with Crippen molar-refractivity contribution in [1.82, 2.24) is 0 Å². The van der Waals surface area contributed by atoms with Gasteiger partial charge in [0.2, 0.25) is 0 Å². The van der Waals surface area contributed by atoms with Crippen LogP contribution in [0.5, 0.6) is 0 Å². The van der Waals surface area contributed by atoms with E-state index >= 15 is 0 Å². The molecule has 0 aromatic heterocycles. The minimum Gasteiger partial charge on any atom is -0.106 e. The van der Waals surface area contributed by atoms with Gasteiger partial charge in [-0.05, 0) is 34.6 Å². The third-order valence-electron chi connectivity index (χ3n) is 0.735. The number of hydrogen-bond acceptors (Lipinski definition) is 0. The quantitative estimate of drug-likeness (QED) is 0.376. The lowest BCUT2D eigenvalue weighted by Gasteiger charge is -2.10. The zero-order valence-electron chi connectivity index (χ0n) is 7.38. The molecule has 1 heteroatoms. The molecule has 0 aromatic rings. The second kappa shape index (κ2) is 2.84. The van der Waals surface area contributed by atoms with Gasteiger partial charge in [0.1, 0.15) is 0 Å². The summed E-state index contributed by atoms with van der Waals surface area (Å²) in [4.78, 5) is -0.382. The lowest BCUT2D eigenvalue weighted by molar-refractivity contribution is 0.569. The predicted octanol–water partition coefficient (Wildman–Crippen LogP) is 3.05. The Labute approximate surface area is 69.0 Å². The van der Waals surface area contributed by atoms with E-state index in [-0.39, 0.29) is 10.3 Å². The Balaban J connectivity index is 4.19. The van der Waals surface area contributed by atoms with Crippen LogP contribution in [-0.4, -0.2) is 4.87 Å². The number of alkyl halides is 1. The van der Waals surface area contributed by atoms with Gasteiger partial charge in [0, 0.05) is 5.41 Å². The minimum atomic E-state index is -0.382. The summed E-state index contributed by atoms with van der Waals surface area (Å²) in [6, 6.07) is 0. The smallest absolute Gasteiger partial charge is 0.0993 e. The fourth-order valence-electron chi connectivity index (χ4n) is 0.336. The first kappa shape index (κ1) is 9.85. The molecule has 0 spiro atoms. The third-order valence-corrected chi connectivity index (χ3v) is 0.829. The highest BCUT2D eigenvalue weighted by atomic mass is 35.5. The van der Waals surface area contributed by atoms with E-state index in [1.807, 2.05) is 13.8 Å². The van der Waals surface area contributed by atoms with Gasteiger partial charge >= 0.3 is 0 Å². The van der Waals surface area contributed by atoms with E-state index in [0.717, 1.165) is 0 Å². The molecule has 0 unspecified atom stereocenters. The number of hydrogen-bond donors (Lipinski definition) is 0. The predicted molar refractivity (Wildman–Crippen MR) is 47.2 cm³/mol. The Morgan fingerprint density at radius 3 is 1.40 bits per heavy atom. The van der Waals surface area contributed by atoms with Gasteiger partial charge in [-0.1, -0.05) is 11.8 Å². The van der Waals surface area contributed by atoms with E-state index < -0.39 is 0 Å². The molecule has 10 heavy (non-hydrogen) atoms. The highest BCUT2D eigenvalue weighted by Gasteiger charge is 2.10. The summed E-state index contributed by atoms with van der Waals surface area (Å²) in [5.41, 5.74) is 0.0617. The fraction of sp³-hybridized carbons (Fsp3) is 0.778. The van der Waals surface area contributed by atoms with Crippen LogP contribution in [0.2, 0.25) is 0 Å². The molecular weight excluding hydrogens is 144 g/mol. The average Bonchev–Trinajstić information content (AvgIpc) is 1.57. The van der Waals surface area contributed by atoms with Crippen molar-refractivity contribution < 1.29 is 0 Å². The van der Waals surface area contributed by atoms with Gasteiger partial charge in [-0.3, -0.25) is 0 Å². The van der Waals surface area contributed by atoms with Crippen LogP contribution >= 0.6 is 11.6 Å². The molecule has 0 atom stereocenters. The summed E-state index contributed by atoms with van der Waals surface area (Å²) in [5.74, 6) is 6.06. The SMILES string of the molecule is CC(C)(C)C#CC(C)(C)Cl. The van der Waals surface area contributed by atoms with E-state index in [0.29, 0.717) is 0 Å². The first-order valence-electron chi connectivity index (χ1n) is 3.44. The van der Waals surface area contributed by atoms with Crippen molar-refractivity contribution in [2.45, 2.75) is 39.5 Å². The van der Waals surface area contributed by atoms with Crippen molar-refractivity contribution in [1.29, 1.82) is 0 Å². The Hall–Kier alpha value is -0.150. The van der Waals surface area contributed by atoms with Gasteiger partial charge in [-0.25, -0.2) is 0 Å². The molecule has 0 N–H and O–H groups in total. The molecule has 0 saturated heterocycles. The maximum absolute atomic E-state index is 5.87. The van der Waals surface area contributed by atoms with Crippen LogP contribution in [0, 0.1) is 17.3 Å². The van der Waals surface area contributed by atoms with Crippen molar-refractivity contribution in [3.8, 4) is 11.8 Å². The summed E-state index contributed by atoms with van der Waals surface area (Å²) >= 11 is 5.87. The monoisotopic (exact) mass is 158 g/mol. The molecule has 58 valence electrons. The van der Waals surface area contributed by atoms with E-state index in [9.17, 15) is 0 Å². The summed E-state index contributed by atoms with van der Waals surface area (Å²) in [6.07, 6.45) is 0. The maximum Gasteiger partial charge on any atom is 0.0993 e. The number of halogens is 1. The average molecular weight is 159 g/mol. The Kier molecular flexibility index (Phi) is 2.80. The highest BCUT2D eigenvalue weighted by molar-refractivity contribution is 6.25. The first-order valence-corrected chi connectivity index (χ1v) is 3.82. The van der Waals surface area contributed by atoms with Crippen LogP contribution in [0.4, 0.5) is 0 Å². The van der Waals surface area contributed by atoms with Crippen molar-refractivity contribution in [2.75, 3.05) is 0 Å². The Bertz CT molecular complexity index is 138. The van der Waals surface area contributed by atoms with Gasteiger partial charge < -0.3 is 0 Å². The molecule has 0 aliphatic rings. The zero-order valence-corrected chi connectivity index (χ0v) is 8.13. The molecule has 0 fully saturated rings. The molecule has 0 amide bonds. The van der Waals surface area contributed by atoms with Crippen molar-refractivity contribution in [2.24, 2.45) is 5.41 Å². The standard InChI is InChI=1S/C9H15Cl/c1-8(2,3)6-7-9(4,5)10/h1-5H3. The molecule has 0 bridgehead atoms. The summed E-state index contributed by atoms with van der Waals surface area (Å²) in [5, 5.41) is 0. The van der Waals surface area contributed by atoms with E-state index in [2.05, 4.69) is 32.6 Å². The molecule has 0 aliphatic carbocycles. The molecule has 0 saturated carbocycles. The van der Waals surface area contributed by atoms with E-state index in [1.165, 1.54) is 0 Å². The normalized spacial score (nSPS) is 12.2. The van der Waals surface area contributed by atoms with Crippen molar-refractivity contribution >= 4 is 11.6 Å². The number of rotatable bonds is 0. The largest absolute Gasteiger partial charge is 0.106 e. The van der Waals surface area contributed by atoms with Gasteiger partial charge in [0.25, 0.3) is 0 Å². The topological polar surface area (TPSA) is 0 Å². The van der Waals surface area contributed by atoms with Gasteiger partial charge in [0.05, 0.1) is 4.87 Å². The van der Waals surface area contributed by atoms with Crippen LogP contribution in [0.3, 0.4) is 0 Å². The van der Waals surface area contributed by atoms with Crippen LogP contribution in [0.1, 0.15) is 34.6 Å². The Morgan fingerprint density at radius 1 is 0.900 bits per heavy atom. The zero-order chi connectivity index (χ0) is 8.41. The third kappa shape index (κ3) is 7.85. The first-order chi connectivity index (χ1) is 4.21. The lowest BCUT2D eigenvalue weighted by Crippen LogP contribution is -2.08. The molecule has 0 nitrogen and oxygen atoms in total. The van der Waals surface area contributed by atoms with E-state index in [4.69, 9.17) is 11.6 Å². The molecule has 0 aliphatic heterocycles. The van der Waals surface area contributed by atoms with Crippen LogP contribution < -0.4 is 0 Å². The Morgan fingerprint density at radius 2 is 1.30 bits per heavy atom. The van der Waals surface area contributed by atoms with Crippen LogP contribution in [0.25, 0.3) is 0 Å². The van der Waals surface area contributed by atoms with Gasteiger partial charge in [-0.15, -0.1) is 11.6 Å². The van der Waals surface area contributed by atoms with Gasteiger partial charge in [-0.2, -0.15) is 0 Å². The second-order valence-electron chi connectivity index (χ2n) is 3.97. The second-order valence-corrected chi connectivity index (χ2v) is 4.92. The summed E-state index contributed by atoms with van der Waals surface area (Å²) in [6.45, 7) is 10.0.